The van der Waals surface area contributed by atoms with E-state index in [4.69, 9.17) is 16.7 Å². The van der Waals surface area contributed by atoms with Gasteiger partial charge in [-0.3, -0.25) is 4.79 Å². The number of hydrogen-bond acceptors (Lipinski definition) is 3. The van der Waals surface area contributed by atoms with Gasteiger partial charge < -0.3 is 5.11 Å². The lowest BCUT2D eigenvalue weighted by atomic mass is 10.2. The maximum atomic E-state index is 12.3. The Hall–Kier alpha value is -1.11. The number of rotatable bonds is 6. The van der Waals surface area contributed by atoms with Crippen LogP contribution in [0.15, 0.2) is 23.1 Å². The summed E-state index contributed by atoms with van der Waals surface area (Å²) in [6.07, 6.45) is 0.207. The van der Waals surface area contributed by atoms with Crippen LogP contribution in [0.5, 0.6) is 0 Å². The van der Waals surface area contributed by atoms with Crippen LogP contribution in [0.1, 0.15) is 18.4 Å². The molecule has 0 amide bonds. The second kappa shape index (κ2) is 6.36. The summed E-state index contributed by atoms with van der Waals surface area (Å²) in [7, 11) is -2.21. The molecule has 0 aliphatic heterocycles. The monoisotopic (exact) mass is 305 g/mol. The first-order valence-corrected chi connectivity index (χ1v) is 7.52. The van der Waals surface area contributed by atoms with Crippen molar-refractivity contribution in [3.8, 4) is 0 Å². The van der Waals surface area contributed by atoms with Crippen LogP contribution in [0, 0.1) is 6.92 Å². The van der Waals surface area contributed by atoms with Crippen LogP contribution in [0.2, 0.25) is 5.02 Å². The zero-order chi connectivity index (χ0) is 14.6. The van der Waals surface area contributed by atoms with Crippen molar-refractivity contribution < 1.29 is 18.3 Å². The first-order valence-electron chi connectivity index (χ1n) is 5.70. The van der Waals surface area contributed by atoms with E-state index < -0.39 is 16.0 Å². The number of sulfonamides is 1. The molecule has 1 N–H and O–H groups in total. The number of benzene rings is 1. The van der Waals surface area contributed by atoms with Gasteiger partial charge >= 0.3 is 5.97 Å². The fourth-order valence-corrected chi connectivity index (χ4v) is 3.29. The molecule has 0 heterocycles. The Morgan fingerprint density at radius 1 is 1.42 bits per heavy atom. The normalized spacial score (nSPS) is 11.8. The molecule has 19 heavy (non-hydrogen) atoms. The van der Waals surface area contributed by atoms with Crippen LogP contribution in [-0.4, -0.2) is 37.4 Å². The lowest BCUT2D eigenvalue weighted by Gasteiger charge is -2.18. The van der Waals surface area contributed by atoms with Gasteiger partial charge in [-0.2, -0.15) is 0 Å². The first kappa shape index (κ1) is 15.9. The summed E-state index contributed by atoms with van der Waals surface area (Å²) in [5.41, 5.74) is 0.495. The van der Waals surface area contributed by atoms with Crippen LogP contribution < -0.4 is 0 Å². The molecule has 5 nitrogen and oxygen atoms in total. The SMILES string of the molecule is Cc1c(Cl)cccc1S(=O)(=O)N(C)CCCC(=O)O. The maximum Gasteiger partial charge on any atom is 0.303 e. The quantitative estimate of drug-likeness (QED) is 0.873. The molecule has 7 heteroatoms. The van der Waals surface area contributed by atoms with E-state index >= 15 is 0 Å². The van der Waals surface area contributed by atoms with E-state index in [2.05, 4.69) is 0 Å². The van der Waals surface area contributed by atoms with E-state index in [0.717, 1.165) is 4.31 Å². The highest BCUT2D eigenvalue weighted by molar-refractivity contribution is 7.89. The van der Waals surface area contributed by atoms with Crippen molar-refractivity contribution >= 4 is 27.6 Å². The smallest absolute Gasteiger partial charge is 0.303 e. The summed E-state index contributed by atoms with van der Waals surface area (Å²) in [6.45, 7) is 1.79. The molecule has 1 aromatic rings. The average Bonchev–Trinajstić information content (AvgIpc) is 2.31. The second-order valence-electron chi connectivity index (χ2n) is 4.19. The largest absolute Gasteiger partial charge is 0.481 e. The molecule has 0 saturated carbocycles. The Labute approximate surface area is 117 Å². The van der Waals surface area contributed by atoms with Crippen molar-refractivity contribution in [2.75, 3.05) is 13.6 Å². The predicted molar refractivity (Wildman–Crippen MR) is 72.9 cm³/mol. The Morgan fingerprint density at radius 3 is 2.63 bits per heavy atom. The van der Waals surface area contributed by atoms with Crippen LogP contribution in [0.25, 0.3) is 0 Å². The van der Waals surface area contributed by atoms with Crippen LogP contribution in [0.4, 0.5) is 0 Å². The number of halogens is 1. The third-order valence-electron chi connectivity index (χ3n) is 2.77. The van der Waals surface area contributed by atoms with Gasteiger partial charge in [0.1, 0.15) is 0 Å². The summed E-state index contributed by atoms with van der Waals surface area (Å²) < 4.78 is 25.7. The molecule has 1 rings (SSSR count). The molecule has 0 bridgehead atoms. The van der Waals surface area contributed by atoms with Gasteiger partial charge in [-0.15, -0.1) is 0 Å². The molecule has 106 valence electrons. The summed E-state index contributed by atoms with van der Waals surface area (Å²) in [5, 5.41) is 8.93. The van der Waals surface area contributed by atoms with Crippen molar-refractivity contribution in [1.29, 1.82) is 0 Å². The number of hydrogen-bond donors (Lipinski definition) is 1. The third kappa shape index (κ3) is 3.92. The Morgan fingerprint density at radius 2 is 2.05 bits per heavy atom. The molecule has 1 aromatic carbocycles. The van der Waals surface area contributed by atoms with E-state index in [1.54, 1.807) is 19.1 Å². The topological polar surface area (TPSA) is 74.7 Å². The fraction of sp³-hybridized carbons (Fsp3) is 0.417. The molecule has 0 fully saturated rings. The average molecular weight is 306 g/mol. The van der Waals surface area contributed by atoms with E-state index in [9.17, 15) is 13.2 Å². The number of carboxylic acid groups (broad SMARTS) is 1. The van der Waals surface area contributed by atoms with Gasteiger partial charge in [-0.1, -0.05) is 17.7 Å². The van der Waals surface area contributed by atoms with Gasteiger partial charge in [0, 0.05) is 25.0 Å². The Kier molecular flexibility index (Phi) is 5.34. The Balaban J connectivity index is 2.91. The molecular weight excluding hydrogens is 290 g/mol. The van der Waals surface area contributed by atoms with E-state index in [-0.39, 0.29) is 24.3 Å². The standard InChI is InChI=1S/C12H16ClNO4S/c1-9-10(13)5-3-6-11(9)19(17,18)14(2)8-4-7-12(15)16/h3,5-6H,4,7-8H2,1-2H3,(H,15,16). The van der Waals surface area contributed by atoms with Gasteiger partial charge in [0.2, 0.25) is 10.0 Å². The van der Waals surface area contributed by atoms with Gasteiger partial charge in [-0.25, -0.2) is 12.7 Å². The molecule has 0 aliphatic rings. The minimum Gasteiger partial charge on any atom is -0.481 e. The first-order chi connectivity index (χ1) is 8.76. The number of carbonyl (C=O) groups is 1. The van der Waals surface area contributed by atoms with Crippen molar-refractivity contribution in [3.05, 3.63) is 28.8 Å². The van der Waals surface area contributed by atoms with Crippen molar-refractivity contribution in [3.63, 3.8) is 0 Å². The molecule has 0 radical (unpaired) electrons. The fourth-order valence-electron chi connectivity index (χ4n) is 1.61. The minimum atomic E-state index is -3.63. The molecule has 0 unspecified atom stereocenters. The molecule has 0 aliphatic carbocycles. The third-order valence-corrected chi connectivity index (χ3v) is 5.18. The number of carboxylic acids is 1. The van der Waals surface area contributed by atoms with Gasteiger partial charge in [0.05, 0.1) is 4.90 Å². The summed E-state index contributed by atoms with van der Waals surface area (Å²) in [4.78, 5) is 10.6. The molecular formula is C12H16ClNO4S. The van der Waals surface area contributed by atoms with E-state index in [0.29, 0.717) is 10.6 Å². The van der Waals surface area contributed by atoms with Crippen LogP contribution in [-0.2, 0) is 14.8 Å². The lowest BCUT2D eigenvalue weighted by molar-refractivity contribution is -0.137. The van der Waals surface area contributed by atoms with Crippen LogP contribution in [0.3, 0.4) is 0 Å². The van der Waals surface area contributed by atoms with E-state index in [1.165, 1.54) is 13.1 Å². The summed E-state index contributed by atoms with van der Waals surface area (Å²) >= 11 is 5.91. The highest BCUT2D eigenvalue weighted by Crippen LogP contribution is 2.25. The molecule has 0 saturated heterocycles. The minimum absolute atomic E-state index is 0.0611. The second-order valence-corrected chi connectivity index (χ2v) is 6.61. The highest BCUT2D eigenvalue weighted by Gasteiger charge is 2.23. The summed E-state index contributed by atoms with van der Waals surface area (Å²) in [6, 6.07) is 4.69. The van der Waals surface area contributed by atoms with Crippen molar-refractivity contribution in [1.82, 2.24) is 4.31 Å². The predicted octanol–water partition coefficient (Wildman–Crippen LogP) is 2.13. The van der Waals surface area contributed by atoms with Crippen LogP contribution >= 0.6 is 11.6 Å². The van der Waals surface area contributed by atoms with Gasteiger partial charge in [0.25, 0.3) is 0 Å². The number of aliphatic carboxylic acids is 1. The highest BCUT2D eigenvalue weighted by atomic mass is 35.5. The number of nitrogens with zero attached hydrogens (tertiary/aromatic N) is 1. The molecule has 0 spiro atoms. The van der Waals surface area contributed by atoms with E-state index in [1.807, 2.05) is 0 Å². The maximum absolute atomic E-state index is 12.3. The van der Waals surface area contributed by atoms with Crippen molar-refractivity contribution in [2.45, 2.75) is 24.7 Å². The Bertz CT molecular complexity index is 571. The zero-order valence-corrected chi connectivity index (χ0v) is 12.3. The van der Waals surface area contributed by atoms with Gasteiger partial charge in [-0.05, 0) is 31.0 Å². The van der Waals surface area contributed by atoms with Gasteiger partial charge in [0.15, 0.2) is 0 Å². The zero-order valence-electron chi connectivity index (χ0n) is 10.8. The lowest BCUT2D eigenvalue weighted by Crippen LogP contribution is -2.28. The van der Waals surface area contributed by atoms with Crippen molar-refractivity contribution in [2.24, 2.45) is 0 Å². The molecule has 0 atom stereocenters. The summed E-state index contributed by atoms with van der Waals surface area (Å²) in [5.74, 6) is -0.940. The molecule has 0 aromatic heterocycles.